The Balaban J connectivity index is 2.47. The number of benzene rings is 1. The van der Waals surface area contributed by atoms with Crippen LogP contribution in [0.2, 0.25) is 0 Å². The van der Waals surface area contributed by atoms with E-state index in [2.05, 4.69) is 5.32 Å². The van der Waals surface area contributed by atoms with Gasteiger partial charge in [-0.25, -0.2) is 0 Å². The molecular formula is C9H10N2O2. The first kappa shape index (κ1) is 8.22. The summed E-state index contributed by atoms with van der Waals surface area (Å²) in [5, 5.41) is 12.2. The van der Waals surface area contributed by atoms with Gasteiger partial charge in [0.1, 0.15) is 12.3 Å². The molecule has 2 rings (SSSR count). The molecular weight excluding hydrogens is 168 g/mol. The molecule has 0 aliphatic carbocycles. The van der Waals surface area contributed by atoms with Crippen LogP contribution in [0.1, 0.15) is 23.4 Å². The lowest BCUT2D eigenvalue weighted by molar-refractivity contribution is -0.120. The van der Waals surface area contributed by atoms with Gasteiger partial charge in [-0.05, 0) is 5.56 Å². The van der Waals surface area contributed by atoms with Gasteiger partial charge >= 0.3 is 0 Å². The van der Waals surface area contributed by atoms with Gasteiger partial charge in [-0.3, -0.25) is 10.1 Å². The number of aliphatic hydroxyl groups excluding tert-OH is 1. The van der Waals surface area contributed by atoms with Crippen molar-refractivity contribution in [3.8, 4) is 0 Å². The van der Waals surface area contributed by atoms with E-state index in [0.717, 1.165) is 11.1 Å². The van der Waals surface area contributed by atoms with Gasteiger partial charge in [-0.1, -0.05) is 24.3 Å². The Labute approximate surface area is 75.4 Å². The van der Waals surface area contributed by atoms with Crippen molar-refractivity contribution in [1.82, 2.24) is 5.32 Å². The highest BCUT2D eigenvalue weighted by atomic mass is 16.3. The van der Waals surface area contributed by atoms with Crippen LogP contribution >= 0.6 is 0 Å². The summed E-state index contributed by atoms with van der Waals surface area (Å²) < 4.78 is 0. The van der Waals surface area contributed by atoms with E-state index in [-0.39, 0.29) is 0 Å². The molecule has 1 amide bonds. The van der Waals surface area contributed by atoms with Crippen molar-refractivity contribution in [2.24, 2.45) is 5.73 Å². The van der Waals surface area contributed by atoms with E-state index >= 15 is 0 Å². The topological polar surface area (TPSA) is 75.4 Å². The molecule has 0 aromatic heterocycles. The van der Waals surface area contributed by atoms with Gasteiger partial charge in [0.25, 0.3) is 0 Å². The number of hydrogen-bond donors (Lipinski definition) is 3. The fourth-order valence-corrected chi connectivity index (χ4v) is 1.60. The first-order valence-electron chi connectivity index (χ1n) is 4.02. The predicted octanol–water partition coefficient (Wildman–Crippen LogP) is -0.193. The van der Waals surface area contributed by atoms with Crippen LogP contribution in [0.3, 0.4) is 0 Å². The van der Waals surface area contributed by atoms with Crippen molar-refractivity contribution in [2.45, 2.75) is 12.3 Å². The minimum absolute atomic E-state index is 0.469. The van der Waals surface area contributed by atoms with Crippen LogP contribution in [0.25, 0.3) is 0 Å². The maximum Gasteiger partial charge on any atom is 0.239 e. The first-order valence-corrected chi connectivity index (χ1v) is 4.02. The summed E-state index contributed by atoms with van der Waals surface area (Å²) in [6.07, 6.45) is -0.784. The third-order valence-electron chi connectivity index (χ3n) is 2.21. The Hall–Kier alpha value is -1.39. The maximum absolute atomic E-state index is 11.0. The summed E-state index contributed by atoms with van der Waals surface area (Å²) in [7, 11) is 0. The Morgan fingerprint density at radius 2 is 2.00 bits per heavy atom. The predicted molar refractivity (Wildman–Crippen MR) is 46.5 cm³/mol. The molecule has 0 radical (unpaired) electrons. The number of nitrogens with two attached hydrogens (primary N) is 1. The summed E-state index contributed by atoms with van der Waals surface area (Å²) in [5.74, 6) is -0.469. The summed E-state index contributed by atoms with van der Waals surface area (Å²) in [6, 6.07) is 6.62. The molecule has 1 aliphatic heterocycles. The van der Waals surface area contributed by atoms with Crippen LogP contribution in [0.5, 0.6) is 0 Å². The molecule has 1 heterocycles. The van der Waals surface area contributed by atoms with Crippen molar-refractivity contribution in [2.75, 3.05) is 0 Å². The van der Waals surface area contributed by atoms with Gasteiger partial charge in [-0.2, -0.15) is 0 Å². The molecule has 2 atom stereocenters. The number of rotatable bonds is 1. The highest BCUT2D eigenvalue weighted by Crippen LogP contribution is 2.30. The molecule has 0 bridgehead atoms. The van der Waals surface area contributed by atoms with Crippen LogP contribution in [0, 0.1) is 0 Å². The SMILES string of the molecule is NC(=O)C1NC(O)c2ccccc21. The number of aliphatic hydroxyl groups is 1. The molecule has 68 valence electrons. The summed E-state index contributed by atoms with van der Waals surface area (Å²) in [6.45, 7) is 0. The number of primary amides is 1. The third kappa shape index (κ3) is 1.20. The molecule has 0 spiro atoms. The van der Waals surface area contributed by atoms with E-state index < -0.39 is 18.2 Å². The Morgan fingerprint density at radius 1 is 1.38 bits per heavy atom. The Kier molecular flexibility index (Phi) is 1.79. The molecule has 4 heteroatoms. The molecule has 1 aliphatic rings. The van der Waals surface area contributed by atoms with Crippen LogP contribution < -0.4 is 11.1 Å². The van der Waals surface area contributed by atoms with Gasteiger partial charge < -0.3 is 10.8 Å². The normalized spacial score (nSPS) is 25.6. The van der Waals surface area contributed by atoms with Crippen LogP contribution in [0.4, 0.5) is 0 Å². The van der Waals surface area contributed by atoms with E-state index in [1.807, 2.05) is 12.1 Å². The lowest BCUT2D eigenvalue weighted by Gasteiger charge is -2.06. The van der Waals surface area contributed by atoms with Gasteiger partial charge in [0.15, 0.2) is 0 Å². The lowest BCUT2D eigenvalue weighted by atomic mass is 10.0. The fraction of sp³-hybridized carbons (Fsp3) is 0.222. The second-order valence-electron chi connectivity index (χ2n) is 3.03. The van der Waals surface area contributed by atoms with E-state index in [1.165, 1.54) is 0 Å². The van der Waals surface area contributed by atoms with Crippen LogP contribution in [0.15, 0.2) is 24.3 Å². The molecule has 4 N–H and O–H groups in total. The Bertz CT molecular complexity index is 351. The Morgan fingerprint density at radius 3 is 2.62 bits per heavy atom. The highest BCUT2D eigenvalue weighted by molar-refractivity contribution is 5.82. The van der Waals surface area contributed by atoms with Gasteiger partial charge in [0.05, 0.1) is 0 Å². The zero-order chi connectivity index (χ0) is 9.42. The summed E-state index contributed by atoms with van der Waals surface area (Å²) >= 11 is 0. The highest BCUT2D eigenvalue weighted by Gasteiger charge is 2.31. The summed E-state index contributed by atoms with van der Waals surface area (Å²) in [5.41, 5.74) is 6.66. The van der Waals surface area contributed by atoms with E-state index in [9.17, 15) is 9.90 Å². The van der Waals surface area contributed by atoms with Crippen molar-refractivity contribution in [3.05, 3.63) is 35.4 Å². The second-order valence-corrected chi connectivity index (χ2v) is 3.03. The average molecular weight is 178 g/mol. The fourth-order valence-electron chi connectivity index (χ4n) is 1.60. The number of fused-ring (bicyclic) bond motifs is 1. The summed E-state index contributed by atoms with van der Waals surface area (Å²) in [4.78, 5) is 11.0. The minimum Gasteiger partial charge on any atom is -0.374 e. The minimum atomic E-state index is -0.784. The van der Waals surface area contributed by atoms with Gasteiger partial charge in [0, 0.05) is 5.56 Å². The monoisotopic (exact) mass is 178 g/mol. The van der Waals surface area contributed by atoms with Crippen molar-refractivity contribution < 1.29 is 9.90 Å². The molecule has 1 aromatic rings. The molecule has 4 nitrogen and oxygen atoms in total. The zero-order valence-corrected chi connectivity index (χ0v) is 6.90. The second kappa shape index (κ2) is 2.83. The van der Waals surface area contributed by atoms with Crippen molar-refractivity contribution in [3.63, 3.8) is 0 Å². The third-order valence-corrected chi connectivity index (χ3v) is 2.21. The number of hydrogen-bond acceptors (Lipinski definition) is 3. The van der Waals surface area contributed by atoms with Crippen LogP contribution in [-0.4, -0.2) is 11.0 Å². The van der Waals surface area contributed by atoms with Gasteiger partial charge in [0.2, 0.25) is 5.91 Å². The first-order chi connectivity index (χ1) is 6.20. The average Bonchev–Trinajstić information content (AvgIpc) is 2.45. The standard InChI is InChI=1S/C9H10N2O2/c10-8(12)7-5-3-1-2-4-6(5)9(13)11-7/h1-4,7,9,11,13H,(H2,10,12). The maximum atomic E-state index is 11.0. The van der Waals surface area contributed by atoms with E-state index in [1.54, 1.807) is 12.1 Å². The molecule has 1 aromatic carbocycles. The van der Waals surface area contributed by atoms with Crippen molar-refractivity contribution in [1.29, 1.82) is 0 Å². The van der Waals surface area contributed by atoms with E-state index in [4.69, 9.17) is 5.73 Å². The molecule has 0 saturated heterocycles. The zero-order valence-electron chi connectivity index (χ0n) is 6.90. The van der Waals surface area contributed by atoms with Crippen molar-refractivity contribution >= 4 is 5.91 Å². The number of carbonyl (C=O) groups is 1. The molecule has 0 saturated carbocycles. The van der Waals surface area contributed by atoms with E-state index in [0.29, 0.717) is 0 Å². The number of amides is 1. The molecule has 0 fully saturated rings. The smallest absolute Gasteiger partial charge is 0.239 e. The molecule has 2 unspecified atom stereocenters. The van der Waals surface area contributed by atoms with Crippen LogP contribution in [-0.2, 0) is 4.79 Å². The lowest BCUT2D eigenvalue weighted by Crippen LogP contribution is -2.30. The largest absolute Gasteiger partial charge is 0.374 e. The number of nitrogens with one attached hydrogen (secondary N) is 1. The van der Waals surface area contributed by atoms with Gasteiger partial charge in [-0.15, -0.1) is 0 Å². The quantitative estimate of drug-likeness (QED) is 0.557. The molecule has 13 heavy (non-hydrogen) atoms. The number of carbonyl (C=O) groups excluding carboxylic acids is 1.